The van der Waals surface area contributed by atoms with Crippen LogP contribution in [0.4, 0.5) is 5.69 Å². The van der Waals surface area contributed by atoms with Gasteiger partial charge in [-0.25, -0.2) is 0 Å². The Bertz CT molecular complexity index is 350. The average Bonchev–Trinajstić information content (AvgIpc) is 2.67. The number of benzene rings is 1. The fourth-order valence-corrected chi connectivity index (χ4v) is 1.26. The standard InChI is InChI=1S/C10H11N2O2/c1-13-5-6-14-10-4-2-3-9-8(10)7-11-12-9/h2-4,7H,5-6H2,1H3. The van der Waals surface area contributed by atoms with Crippen molar-refractivity contribution in [2.75, 3.05) is 20.3 Å². The maximum absolute atomic E-state index is 5.51. The molecule has 0 unspecified atom stereocenters. The van der Waals surface area contributed by atoms with E-state index in [0.717, 1.165) is 17.0 Å². The van der Waals surface area contributed by atoms with Gasteiger partial charge in [0.1, 0.15) is 12.4 Å². The molecule has 4 heteroatoms. The van der Waals surface area contributed by atoms with Crippen LogP contribution in [0.25, 0.3) is 0 Å². The molecule has 2 rings (SSSR count). The second-order valence-electron chi connectivity index (χ2n) is 2.87. The smallest absolute Gasteiger partial charge is 0.130 e. The lowest BCUT2D eigenvalue weighted by Gasteiger charge is -2.07. The fourth-order valence-electron chi connectivity index (χ4n) is 1.26. The molecule has 0 fully saturated rings. The van der Waals surface area contributed by atoms with Crippen molar-refractivity contribution in [2.45, 2.75) is 0 Å². The normalized spacial score (nSPS) is 12.4. The Morgan fingerprint density at radius 2 is 2.21 bits per heavy atom. The van der Waals surface area contributed by atoms with Gasteiger partial charge in [-0.3, -0.25) is 0 Å². The third kappa shape index (κ3) is 1.70. The summed E-state index contributed by atoms with van der Waals surface area (Å²) in [5.74, 6) is 0.810. The highest BCUT2D eigenvalue weighted by Crippen LogP contribution is 2.27. The zero-order valence-corrected chi connectivity index (χ0v) is 7.93. The zero-order chi connectivity index (χ0) is 9.80. The van der Waals surface area contributed by atoms with Crippen molar-refractivity contribution in [3.05, 3.63) is 23.8 Å². The van der Waals surface area contributed by atoms with Crippen molar-refractivity contribution >= 4 is 11.9 Å². The third-order valence-electron chi connectivity index (χ3n) is 1.94. The molecule has 1 aliphatic heterocycles. The summed E-state index contributed by atoms with van der Waals surface area (Å²) < 4.78 is 10.4. The van der Waals surface area contributed by atoms with Crippen LogP contribution in [0, 0.1) is 0 Å². The molecule has 0 saturated heterocycles. The first-order chi connectivity index (χ1) is 6.92. The van der Waals surface area contributed by atoms with E-state index >= 15 is 0 Å². The number of fused-ring (bicyclic) bond motifs is 1. The number of ether oxygens (including phenoxy) is 2. The van der Waals surface area contributed by atoms with E-state index in [1.165, 1.54) is 0 Å². The molecule has 1 heterocycles. The Balaban J connectivity index is 2.10. The number of hydrogen-bond acceptors (Lipinski definition) is 3. The van der Waals surface area contributed by atoms with Crippen molar-refractivity contribution in [3.8, 4) is 5.75 Å². The van der Waals surface area contributed by atoms with Gasteiger partial charge in [-0.2, -0.15) is 10.5 Å². The van der Waals surface area contributed by atoms with E-state index in [9.17, 15) is 0 Å². The molecule has 0 N–H and O–H groups in total. The number of hydrogen-bond donors (Lipinski definition) is 0. The van der Waals surface area contributed by atoms with Crippen LogP contribution >= 0.6 is 0 Å². The maximum Gasteiger partial charge on any atom is 0.130 e. The van der Waals surface area contributed by atoms with E-state index < -0.39 is 0 Å². The average molecular weight is 191 g/mol. The molecule has 0 atom stereocenters. The van der Waals surface area contributed by atoms with Crippen LogP contribution < -0.4 is 10.2 Å². The van der Waals surface area contributed by atoms with Gasteiger partial charge in [-0.1, -0.05) is 6.07 Å². The highest BCUT2D eigenvalue weighted by atomic mass is 16.5. The van der Waals surface area contributed by atoms with E-state index in [-0.39, 0.29) is 0 Å². The highest BCUT2D eigenvalue weighted by Gasteiger charge is 2.12. The molecule has 1 aromatic rings. The molecule has 0 spiro atoms. The molecule has 1 aliphatic rings. The van der Waals surface area contributed by atoms with Gasteiger partial charge in [0.15, 0.2) is 0 Å². The van der Waals surface area contributed by atoms with E-state index in [1.54, 1.807) is 13.3 Å². The summed E-state index contributed by atoms with van der Waals surface area (Å²) in [6.07, 6.45) is 1.71. The molecule has 4 nitrogen and oxygen atoms in total. The van der Waals surface area contributed by atoms with Crippen molar-refractivity contribution in [2.24, 2.45) is 5.10 Å². The van der Waals surface area contributed by atoms with Gasteiger partial charge in [-0.15, -0.1) is 0 Å². The summed E-state index contributed by atoms with van der Waals surface area (Å²) in [5, 5.41) is 3.83. The van der Waals surface area contributed by atoms with E-state index in [4.69, 9.17) is 9.47 Å². The van der Waals surface area contributed by atoms with Crippen LogP contribution in [-0.4, -0.2) is 26.5 Å². The first-order valence-electron chi connectivity index (χ1n) is 4.40. The van der Waals surface area contributed by atoms with Gasteiger partial charge in [-0.05, 0) is 12.1 Å². The van der Waals surface area contributed by atoms with Crippen LogP contribution in [0.3, 0.4) is 0 Å². The second-order valence-corrected chi connectivity index (χ2v) is 2.87. The largest absolute Gasteiger partial charge is 0.490 e. The van der Waals surface area contributed by atoms with Crippen molar-refractivity contribution < 1.29 is 9.47 Å². The number of rotatable bonds is 4. The Morgan fingerprint density at radius 1 is 1.29 bits per heavy atom. The molecular weight excluding hydrogens is 180 g/mol. The number of methoxy groups -OCH3 is 1. The van der Waals surface area contributed by atoms with Gasteiger partial charge in [0, 0.05) is 7.11 Å². The van der Waals surface area contributed by atoms with Gasteiger partial charge in [0.05, 0.1) is 24.1 Å². The molecule has 1 radical (unpaired) electrons. The van der Waals surface area contributed by atoms with Crippen LogP contribution in [0.15, 0.2) is 23.3 Å². The minimum Gasteiger partial charge on any atom is -0.490 e. The van der Waals surface area contributed by atoms with Gasteiger partial charge in [0.25, 0.3) is 0 Å². The summed E-state index contributed by atoms with van der Waals surface area (Å²) >= 11 is 0. The molecule has 14 heavy (non-hydrogen) atoms. The van der Waals surface area contributed by atoms with Crippen LogP contribution in [-0.2, 0) is 4.74 Å². The summed E-state index contributed by atoms with van der Waals surface area (Å²) in [6.45, 7) is 1.12. The zero-order valence-electron chi connectivity index (χ0n) is 7.93. The molecule has 0 bridgehead atoms. The Morgan fingerprint density at radius 3 is 3.07 bits per heavy atom. The van der Waals surface area contributed by atoms with Gasteiger partial charge >= 0.3 is 0 Å². The monoisotopic (exact) mass is 191 g/mol. The van der Waals surface area contributed by atoms with Gasteiger partial charge < -0.3 is 9.47 Å². The predicted molar refractivity (Wildman–Crippen MR) is 53.2 cm³/mol. The predicted octanol–water partition coefficient (Wildman–Crippen LogP) is 1.30. The quantitative estimate of drug-likeness (QED) is 0.673. The first kappa shape index (κ1) is 9.02. The minimum absolute atomic E-state index is 0.542. The molecule has 73 valence electrons. The Hall–Kier alpha value is -1.55. The number of nitrogens with zero attached hydrogens (tertiary/aromatic N) is 2. The molecule has 0 aromatic heterocycles. The van der Waals surface area contributed by atoms with Crippen molar-refractivity contribution in [3.63, 3.8) is 0 Å². The summed E-state index contributed by atoms with van der Waals surface area (Å²) in [6, 6.07) is 5.71. The lowest BCUT2D eigenvalue weighted by atomic mass is 10.2. The molecule has 1 aromatic carbocycles. The third-order valence-corrected chi connectivity index (χ3v) is 1.94. The molecule has 0 amide bonds. The van der Waals surface area contributed by atoms with E-state index in [0.29, 0.717) is 13.2 Å². The molecule has 0 aliphatic carbocycles. The van der Waals surface area contributed by atoms with E-state index in [2.05, 4.69) is 10.5 Å². The Kier molecular flexibility index (Phi) is 2.65. The van der Waals surface area contributed by atoms with E-state index in [1.807, 2.05) is 18.2 Å². The molecule has 0 saturated carbocycles. The summed E-state index contributed by atoms with van der Waals surface area (Å²) in [5.41, 5.74) is 5.76. The van der Waals surface area contributed by atoms with Crippen LogP contribution in [0.5, 0.6) is 5.75 Å². The lowest BCUT2D eigenvalue weighted by Crippen LogP contribution is -2.05. The van der Waals surface area contributed by atoms with Crippen molar-refractivity contribution in [1.82, 2.24) is 5.43 Å². The van der Waals surface area contributed by atoms with Crippen LogP contribution in [0.1, 0.15) is 5.56 Å². The van der Waals surface area contributed by atoms with Crippen LogP contribution in [0.2, 0.25) is 0 Å². The van der Waals surface area contributed by atoms with Gasteiger partial charge in [0.2, 0.25) is 0 Å². The fraction of sp³-hybridized carbons (Fsp3) is 0.300. The summed E-state index contributed by atoms with van der Waals surface area (Å²) in [7, 11) is 1.65. The second kappa shape index (κ2) is 4.11. The highest BCUT2D eigenvalue weighted by molar-refractivity contribution is 5.92. The maximum atomic E-state index is 5.51. The molecular formula is C10H11N2O2. The lowest BCUT2D eigenvalue weighted by molar-refractivity contribution is 0.146. The SMILES string of the molecule is COCCOc1cccc2c1C=N[N]2. The minimum atomic E-state index is 0.542. The first-order valence-corrected chi connectivity index (χ1v) is 4.40. The van der Waals surface area contributed by atoms with Crippen molar-refractivity contribution in [1.29, 1.82) is 0 Å². The topological polar surface area (TPSA) is 44.9 Å². The summed E-state index contributed by atoms with van der Waals surface area (Å²) in [4.78, 5) is 0. The Labute approximate surface area is 82.5 Å².